The summed E-state index contributed by atoms with van der Waals surface area (Å²) in [5.74, 6) is -2.17. The number of carbonyl (C=O) groups excluding carboxylic acids is 1. The number of carbonyl (C=O) groups is 1. The third kappa shape index (κ3) is 2.44. The van der Waals surface area contributed by atoms with Crippen LogP contribution in [0.3, 0.4) is 0 Å². The van der Waals surface area contributed by atoms with Crippen LogP contribution in [0.2, 0.25) is 0 Å². The van der Waals surface area contributed by atoms with Gasteiger partial charge in [0.25, 0.3) is 11.4 Å². The summed E-state index contributed by atoms with van der Waals surface area (Å²) in [5, 5.41) is 34.1. The third-order valence-corrected chi connectivity index (χ3v) is 4.27. The van der Waals surface area contributed by atoms with Crippen LogP contribution in [0.5, 0.6) is 0 Å². The summed E-state index contributed by atoms with van der Waals surface area (Å²) in [6.07, 6.45) is 1.47. The average Bonchev–Trinajstić information content (AvgIpc) is 3.10. The van der Waals surface area contributed by atoms with Gasteiger partial charge in [0.1, 0.15) is 11.6 Å². The van der Waals surface area contributed by atoms with E-state index >= 15 is 0 Å². The molecule has 1 aromatic heterocycles. The average molecular weight is 361 g/mol. The first kappa shape index (κ1) is 17.0. The molecule has 1 N–H and O–H groups in total. The van der Waals surface area contributed by atoms with Crippen LogP contribution >= 0.6 is 0 Å². The van der Waals surface area contributed by atoms with Gasteiger partial charge in [0.05, 0.1) is 15.9 Å². The minimum absolute atomic E-state index is 0.0304. The van der Waals surface area contributed by atoms with Gasteiger partial charge < -0.3 is 9.88 Å². The summed E-state index contributed by atoms with van der Waals surface area (Å²) in [6, 6.07) is 3.02. The highest BCUT2D eigenvalue weighted by Gasteiger charge is 2.51. The predicted molar refractivity (Wildman–Crippen MR) is 86.6 cm³/mol. The molecule has 0 radical (unpaired) electrons. The third-order valence-electron chi connectivity index (χ3n) is 4.27. The first-order chi connectivity index (χ1) is 12.2. The number of anilines is 1. The number of hydrogen-bond acceptors (Lipinski definition) is 7. The highest BCUT2D eigenvalue weighted by Crippen LogP contribution is 2.46. The molecule has 2 unspecified atom stereocenters. The monoisotopic (exact) mass is 361 g/mol. The summed E-state index contributed by atoms with van der Waals surface area (Å²) in [6.45, 7) is 0. The molecule has 0 saturated heterocycles. The molecule has 0 aliphatic carbocycles. The van der Waals surface area contributed by atoms with Crippen LogP contribution in [0.1, 0.15) is 17.2 Å². The number of aromatic amines is 1. The van der Waals surface area contributed by atoms with Crippen LogP contribution in [0.4, 0.5) is 17.1 Å². The van der Waals surface area contributed by atoms with Crippen molar-refractivity contribution >= 4 is 23.0 Å². The number of nitro groups is 3. The normalized spacial score (nSPS) is 19.1. The summed E-state index contributed by atoms with van der Waals surface area (Å²) in [4.78, 5) is 47.8. The van der Waals surface area contributed by atoms with Gasteiger partial charge in [0.2, 0.25) is 0 Å². The minimum atomic E-state index is -1.77. The second kappa shape index (κ2) is 5.91. The Balaban J connectivity index is 2.40. The van der Waals surface area contributed by atoms with E-state index in [1.165, 1.54) is 19.3 Å². The number of rotatable bonds is 4. The zero-order valence-corrected chi connectivity index (χ0v) is 13.2. The van der Waals surface area contributed by atoms with E-state index in [9.17, 15) is 35.1 Å². The molecule has 12 heteroatoms. The van der Waals surface area contributed by atoms with Crippen molar-refractivity contribution in [3.8, 4) is 0 Å². The molecule has 2 heterocycles. The fourth-order valence-electron chi connectivity index (χ4n) is 3.18. The van der Waals surface area contributed by atoms with E-state index in [0.29, 0.717) is 0 Å². The highest BCUT2D eigenvalue weighted by atomic mass is 16.6. The van der Waals surface area contributed by atoms with Gasteiger partial charge in [-0.2, -0.15) is 0 Å². The smallest absolute Gasteiger partial charge is 0.302 e. The van der Waals surface area contributed by atoms with Crippen LogP contribution in [0, 0.1) is 30.3 Å². The second-order valence-electron chi connectivity index (χ2n) is 5.65. The molecular weight excluding hydrogens is 350 g/mol. The molecular formula is C14H11N5O7. The number of fused-ring (bicyclic) bond motifs is 1. The van der Waals surface area contributed by atoms with Gasteiger partial charge in [-0.3, -0.25) is 35.1 Å². The molecule has 1 amide bonds. The maximum atomic E-state index is 12.5. The Morgan fingerprint density at radius 1 is 1.12 bits per heavy atom. The summed E-state index contributed by atoms with van der Waals surface area (Å²) in [7, 11) is 1.17. The van der Waals surface area contributed by atoms with Crippen LogP contribution in [-0.2, 0) is 4.79 Å². The van der Waals surface area contributed by atoms with Crippen molar-refractivity contribution in [2.24, 2.45) is 0 Å². The quantitative estimate of drug-likeness (QED) is 0.637. The Kier molecular flexibility index (Phi) is 3.87. The molecule has 1 aromatic carbocycles. The molecule has 2 aromatic rings. The van der Waals surface area contributed by atoms with Crippen molar-refractivity contribution in [3.63, 3.8) is 0 Å². The van der Waals surface area contributed by atoms with E-state index in [-0.39, 0.29) is 16.9 Å². The first-order valence-electron chi connectivity index (χ1n) is 7.25. The lowest BCUT2D eigenvalue weighted by Crippen LogP contribution is -2.49. The molecule has 1 aliphatic heterocycles. The number of non-ortho nitro benzene ring substituents is 1. The van der Waals surface area contributed by atoms with E-state index in [2.05, 4.69) is 4.98 Å². The molecule has 0 fully saturated rings. The minimum Gasteiger partial charge on any atom is -0.364 e. The second-order valence-corrected chi connectivity index (χ2v) is 5.65. The molecule has 134 valence electrons. The van der Waals surface area contributed by atoms with Crippen LogP contribution in [0.15, 0.2) is 30.5 Å². The number of hydrogen-bond donors (Lipinski definition) is 1. The van der Waals surface area contributed by atoms with Gasteiger partial charge in [-0.05, 0) is 12.1 Å². The number of nitro benzene ring substituents is 2. The molecule has 0 saturated carbocycles. The number of nitrogens with one attached hydrogen (secondary N) is 1. The molecule has 0 bridgehead atoms. The van der Waals surface area contributed by atoms with Gasteiger partial charge in [-0.25, -0.2) is 0 Å². The van der Waals surface area contributed by atoms with Gasteiger partial charge in [-0.15, -0.1) is 0 Å². The summed E-state index contributed by atoms with van der Waals surface area (Å²) < 4.78 is 0. The van der Waals surface area contributed by atoms with Gasteiger partial charge >= 0.3 is 11.9 Å². The molecule has 26 heavy (non-hydrogen) atoms. The van der Waals surface area contributed by atoms with Crippen molar-refractivity contribution < 1.29 is 19.6 Å². The van der Waals surface area contributed by atoms with E-state index in [1.807, 2.05) is 0 Å². The van der Waals surface area contributed by atoms with Crippen molar-refractivity contribution in [1.29, 1.82) is 0 Å². The summed E-state index contributed by atoms with van der Waals surface area (Å²) >= 11 is 0. The Hall–Kier alpha value is -3.83. The number of amides is 1. The SMILES string of the molecule is CN1C(=O)C([N+](=O)[O-])C(c2ccc[nH]2)c2cc([N+](=O)[O-])cc([N+](=O)[O-])c21. The number of likely N-dealkylation sites (N-methyl/N-ethyl adjacent to an activating group) is 1. The standard InChI is InChI=1S/C14H11N5O7/c1-16-12-8(5-7(17(21)22)6-10(12)18(23)24)11(9-3-2-4-15-9)13(14(16)20)19(25)26/h2-6,11,13,15H,1H3. The largest absolute Gasteiger partial charge is 0.364 e. The van der Waals surface area contributed by atoms with Gasteiger partial charge in [-0.1, -0.05) is 0 Å². The van der Waals surface area contributed by atoms with Crippen molar-refractivity contribution in [1.82, 2.24) is 4.98 Å². The summed E-state index contributed by atoms with van der Waals surface area (Å²) in [5.41, 5.74) is -1.22. The fourth-order valence-corrected chi connectivity index (χ4v) is 3.18. The van der Waals surface area contributed by atoms with Crippen LogP contribution < -0.4 is 4.90 Å². The maximum Gasteiger partial charge on any atom is 0.302 e. The highest BCUT2D eigenvalue weighted by molar-refractivity contribution is 6.03. The molecule has 2 atom stereocenters. The van der Waals surface area contributed by atoms with E-state index < -0.39 is 44.0 Å². The Morgan fingerprint density at radius 2 is 1.81 bits per heavy atom. The molecule has 0 spiro atoms. The van der Waals surface area contributed by atoms with Crippen molar-refractivity contribution in [2.45, 2.75) is 12.0 Å². The first-order valence-corrected chi connectivity index (χ1v) is 7.25. The lowest BCUT2D eigenvalue weighted by atomic mass is 9.82. The van der Waals surface area contributed by atoms with Crippen LogP contribution in [0.25, 0.3) is 0 Å². The van der Waals surface area contributed by atoms with Gasteiger partial charge in [0.15, 0.2) is 0 Å². The molecule has 1 aliphatic rings. The van der Waals surface area contributed by atoms with E-state index in [0.717, 1.165) is 17.0 Å². The maximum absolute atomic E-state index is 12.5. The zero-order valence-electron chi connectivity index (χ0n) is 13.2. The molecule has 3 rings (SSSR count). The number of benzene rings is 1. The van der Waals surface area contributed by atoms with Gasteiger partial charge in [0, 0.05) is 35.5 Å². The van der Waals surface area contributed by atoms with Crippen LogP contribution in [-0.4, -0.2) is 38.8 Å². The number of nitrogens with zero attached hydrogens (tertiary/aromatic N) is 4. The molecule has 12 nitrogen and oxygen atoms in total. The fraction of sp³-hybridized carbons (Fsp3) is 0.214. The Morgan fingerprint density at radius 3 is 2.31 bits per heavy atom. The zero-order chi connectivity index (χ0) is 19.2. The predicted octanol–water partition coefficient (Wildman–Crippen LogP) is 1.58. The number of aromatic nitrogens is 1. The topological polar surface area (TPSA) is 166 Å². The van der Waals surface area contributed by atoms with Crippen molar-refractivity contribution in [3.05, 3.63) is 72.1 Å². The van der Waals surface area contributed by atoms with Crippen molar-refractivity contribution in [2.75, 3.05) is 11.9 Å². The number of H-pyrrole nitrogens is 1. The van der Waals surface area contributed by atoms with E-state index in [4.69, 9.17) is 0 Å². The van der Waals surface area contributed by atoms with E-state index in [1.54, 1.807) is 6.07 Å². The lowest BCUT2D eigenvalue weighted by Gasteiger charge is -2.32. The Labute approximate surface area is 144 Å². The lowest BCUT2D eigenvalue weighted by molar-refractivity contribution is -0.510. The Bertz CT molecular complexity index is 939.